The molecular weight excluding hydrogens is 286 g/mol. The van der Waals surface area contributed by atoms with Gasteiger partial charge in [-0.2, -0.15) is 5.26 Å². The third-order valence-electron chi connectivity index (χ3n) is 3.16. The van der Waals surface area contributed by atoms with Gasteiger partial charge in [0, 0.05) is 5.69 Å². The van der Waals surface area contributed by atoms with Gasteiger partial charge in [-0.1, -0.05) is 29.8 Å². The molecule has 2 rings (SSSR count). The van der Waals surface area contributed by atoms with E-state index in [9.17, 15) is 4.79 Å². The first kappa shape index (κ1) is 14.9. The summed E-state index contributed by atoms with van der Waals surface area (Å²) in [5.74, 6) is -0.324. The number of hydrogen-bond donors (Lipinski definition) is 2. The number of nitrogen functional groups attached to an aromatic ring is 1. The van der Waals surface area contributed by atoms with Gasteiger partial charge in [0.05, 0.1) is 28.3 Å². The molecule has 0 heterocycles. The van der Waals surface area contributed by atoms with Gasteiger partial charge in [0.2, 0.25) is 0 Å². The number of nitrogens with two attached hydrogens (primary N) is 1. The van der Waals surface area contributed by atoms with Crippen LogP contribution in [-0.4, -0.2) is 5.91 Å². The normalized spacial score (nSPS) is 11.5. The van der Waals surface area contributed by atoms with E-state index in [1.165, 1.54) is 0 Å². The van der Waals surface area contributed by atoms with Gasteiger partial charge in [0.25, 0.3) is 5.91 Å². The first-order chi connectivity index (χ1) is 10.0. The maximum Gasteiger partial charge on any atom is 0.255 e. The molecule has 1 amide bonds. The third-order valence-corrected chi connectivity index (χ3v) is 3.48. The number of carbonyl (C=O) groups is 1. The predicted octanol–water partition coefficient (Wildman–Crippen LogP) is 3.28. The molecule has 0 saturated heterocycles. The van der Waals surface area contributed by atoms with E-state index in [0.717, 1.165) is 5.56 Å². The summed E-state index contributed by atoms with van der Waals surface area (Å²) in [5, 5.41) is 11.9. The second-order valence-electron chi connectivity index (χ2n) is 4.63. The van der Waals surface area contributed by atoms with Crippen LogP contribution in [0.2, 0.25) is 5.02 Å². The summed E-state index contributed by atoms with van der Waals surface area (Å²) < 4.78 is 0. The molecule has 2 aromatic carbocycles. The minimum absolute atomic E-state index is 0.221. The van der Waals surface area contributed by atoms with Crippen LogP contribution in [0, 0.1) is 11.3 Å². The molecule has 5 heteroatoms. The monoisotopic (exact) mass is 299 g/mol. The minimum Gasteiger partial charge on any atom is -0.398 e. The van der Waals surface area contributed by atoms with Crippen LogP contribution in [0.3, 0.4) is 0 Å². The maximum atomic E-state index is 12.3. The molecular formula is C16H14ClN3O. The Morgan fingerprint density at radius 2 is 1.95 bits per heavy atom. The van der Waals surface area contributed by atoms with Gasteiger partial charge in [0.15, 0.2) is 0 Å². The Labute approximate surface area is 128 Å². The second kappa shape index (κ2) is 6.29. The van der Waals surface area contributed by atoms with Gasteiger partial charge in [-0.25, -0.2) is 0 Å². The van der Waals surface area contributed by atoms with Crippen LogP contribution in [0.5, 0.6) is 0 Å². The van der Waals surface area contributed by atoms with E-state index in [0.29, 0.717) is 16.3 Å². The number of amides is 1. The number of halogens is 1. The number of benzene rings is 2. The molecule has 0 aliphatic rings. The first-order valence-corrected chi connectivity index (χ1v) is 6.75. The van der Waals surface area contributed by atoms with E-state index in [-0.39, 0.29) is 17.5 Å². The number of anilines is 1. The highest BCUT2D eigenvalue weighted by Crippen LogP contribution is 2.23. The van der Waals surface area contributed by atoms with Crippen LogP contribution in [0.1, 0.15) is 34.5 Å². The molecule has 0 saturated carbocycles. The fourth-order valence-corrected chi connectivity index (χ4v) is 2.25. The number of nitriles is 1. The fourth-order valence-electron chi connectivity index (χ4n) is 1.98. The molecule has 106 valence electrons. The summed E-state index contributed by atoms with van der Waals surface area (Å²) in [7, 11) is 0. The Bertz CT molecular complexity index is 684. The highest BCUT2D eigenvalue weighted by molar-refractivity contribution is 6.34. The second-order valence-corrected chi connectivity index (χ2v) is 5.04. The number of nitrogens with one attached hydrogen (secondary N) is 1. The standard InChI is InChI=1S/C16H14ClN3O/c1-10(12-7-5-11(9-18)6-8-12)20-16(21)15-13(17)3-2-4-14(15)19/h2-8,10H,19H2,1H3,(H,20,21). The topological polar surface area (TPSA) is 78.9 Å². The molecule has 1 atom stereocenters. The van der Waals surface area contributed by atoms with E-state index in [1.807, 2.05) is 6.92 Å². The molecule has 4 nitrogen and oxygen atoms in total. The maximum absolute atomic E-state index is 12.3. The van der Waals surface area contributed by atoms with Crippen LogP contribution in [0.25, 0.3) is 0 Å². The summed E-state index contributed by atoms with van der Waals surface area (Å²) in [6, 6.07) is 13.8. The van der Waals surface area contributed by atoms with Gasteiger partial charge in [-0.05, 0) is 36.8 Å². The van der Waals surface area contributed by atoms with Crippen LogP contribution < -0.4 is 11.1 Å². The lowest BCUT2D eigenvalue weighted by Gasteiger charge is -2.16. The van der Waals surface area contributed by atoms with Crippen LogP contribution in [0.15, 0.2) is 42.5 Å². The molecule has 1 unspecified atom stereocenters. The molecule has 2 aromatic rings. The minimum atomic E-state index is -0.324. The Morgan fingerprint density at radius 1 is 1.29 bits per heavy atom. The predicted molar refractivity (Wildman–Crippen MR) is 82.9 cm³/mol. The van der Waals surface area contributed by atoms with Gasteiger partial charge >= 0.3 is 0 Å². The first-order valence-electron chi connectivity index (χ1n) is 6.38. The van der Waals surface area contributed by atoms with Crippen molar-refractivity contribution in [2.45, 2.75) is 13.0 Å². The largest absolute Gasteiger partial charge is 0.398 e. The smallest absolute Gasteiger partial charge is 0.255 e. The molecule has 0 radical (unpaired) electrons. The summed E-state index contributed by atoms with van der Waals surface area (Å²) in [6.45, 7) is 1.85. The van der Waals surface area contributed by atoms with E-state index in [4.69, 9.17) is 22.6 Å². The van der Waals surface area contributed by atoms with E-state index >= 15 is 0 Å². The molecule has 3 N–H and O–H groups in total. The van der Waals surface area contributed by atoms with Gasteiger partial charge in [-0.15, -0.1) is 0 Å². The fraction of sp³-hybridized carbons (Fsp3) is 0.125. The number of nitrogens with zero attached hydrogens (tertiary/aromatic N) is 1. The van der Waals surface area contributed by atoms with Crippen molar-refractivity contribution >= 4 is 23.2 Å². The zero-order valence-corrected chi connectivity index (χ0v) is 12.2. The molecule has 0 bridgehead atoms. The van der Waals surface area contributed by atoms with Gasteiger partial charge in [0.1, 0.15) is 0 Å². The molecule has 0 spiro atoms. The molecule has 0 aliphatic heterocycles. The number of rotatable bonds is 3. The number of carbonyl (C=O) groups excluding carboxylic acids is 1. The van der Waals surface area contributed by atoms with Crippen LogP contribution in [0.4, 0.5) is 5.69 Å². The zero-order valence-electron chi connectivity index (χ0n) is 11.4. The van der Waals surface area contributed by atoms with Crippen molar-refractivity contribution in [1.29, 1.82) is 5.26 Å². The average molecular weight is 300 g/mol. The summed E-state index contributed by atoms with van der Waals surface area (Å²) in [6.07, 6.45) is 0. The van der Waals surface area contributed by atoms with Crippen molar-refractivity contribution in [3.8, 4) is 6.07 Å². The van der Waals surface area contributed by atoms with Crippen LogP contribution in [-0.2, 0) is 0 Å². The number of hydrogen-bond acceptors (Lipinski definition) is 3. The van der Waals surface area contributed by atoms with Gasteiger partial charge < -0.3 is 11.1 Å². The van der Waals surface area contributed by atoms with Crippen molar-refractivity contribution < 1.29 is 4.79 Å². The highest BCUT2D eigenvalue weighted by atomic mass is 35.5. The Hall–Kier alpha value is -2.51. The molecule has 21 heavy (non-hydrogen) atoms. The van der Waals surface area contributed by atoms with Crippen molar-refractivity contribution in [2.24, 2.45) is 0 Å². The third kappa shape index (κ3) is 3.33. The Kier molecular flexibility index (Phi) is 4.46. The van der Waals surface area contributed by atoms with E-state index in [1.54, 1.807) is 42.5 Å². The summed E-state index contributed by atoms with van der Waals surface area (Å²) in [4.78, 5) is 12.3. The SMILES string of the molecule is CC(NC(=O)c1c(N)cccc1Cl)c1ccc(C#N)cc1. The quantitative estimate of drug-likeness (QED) is 0.854. The molecule has 0 aromatic heterocycles. The van der Waals surface area contributed by atoms with Crippen LogP contribution >= 0.6 is 11.6 Å². The van der Waals surface area contributed by atoms with E-state index < -0.39 is 0 Å². The van der Waals surface area contributed by atoms with Gasteiger partial charge in [-0.3, -0.25) is 4.79 Å². The lowest BCUT2D eigenvalue weighted by molar-refractivity contribution is 0.0941. The Balaban J connectivity index is 2.17. The summed E-state index contributed by atoms with van der Waals surface area (Å²) in [5.41, 5.74) is 7.88. The summed E-state index contributed by atoms with van der Waals surface area (Å²) >= 11 is 6.02. The average Bonchev–Trinajstić information content (AvgIpc) is 2.47. The van der Waals surface area contributed by atoms with Crippen molar-refractivity contribution in [2.75, 3.05) is 5.73 Å². The highest BCUT2D eigenvalue weighted by Gasteiger charge is 2.16. The lowest BCUT2D eigenvalue weighted by atomic mass is 10.1. The zero-order chi connectivity index (χ0) is 15.4. The van der Waals surface area contributed by atoms with Crippen molar-refractivity contribution in [1.82, 2.24) is 5.32 Å². The Morgan fingerprint density at radius 3 is 2.52 bits per heavy atom. The lowest BCUT2D eigenvalue weighted by Crippen LogP contribution is -2.27. The molecule has 0 aliphatic carbocycles. The van der Waals surface area contributed by atoms with E-state index in [2.05, 4.69) is 11.4 Å². The van der Waals surface area contributed by atoms with Crippen molar-refractivity contribution in [3.05, 3.63) is 64.2 Å². The van der Waals surface area contributed by atoms with Crippen molar-refractivity contribution in [3.63, 3.8) is 0 Å². The molecule has 0 fully saturated rings.